The van der Waals surface area contributed by atoms with Crippen LogP contribution in [-0.4, -0.2) is 23.8 Å². The van der Waals surface area contributed by atoms with Crippen LogP contribution in [0, 0.1) is 0 Å². The molecule has 0 heterocycles. The Morgan fingerprint density at radius 2 is 1.71 bits per heavy atom. The molecule has 0 saturated heterocycles. The van der Waals surface area contributed by atoms with E-state index in [1.165, 1.54) is 24.3 Å². The number of nitrogens with zero attached hydrogens (tertiary/aromatic N) is 1. The second kappa shape index (κ2) is 6.79. The van der Waals surface area contributed by atoms with Crippen molar-refractivity contribution in [1.29, 1.82) is 0 Å². The van der Waals surface area contributed by atoms with Crippen molar-refractivity contribution in [3.8, 4) is 16.9 Å². The molecule has 0 saturated carbocycles. The van der Waals surface area contributed by atoms with Crippen LogP contribution in [0.25, 0.3) is 11.1 Å². The minimum Gasteiger partial charge on any atom is -0.406 e. The zero-order valence-electron chi connectivity index (χ0n) is 12.8. The first-order chi connectivity index (χ1) is 11.2. The number of ether oxygens (including phenoxy) is 1. The number of benzene rings is 2. The summed E-state index contributed by atoms with van der Waals surface area (Å²) in [6.45, 7) is 2.03. The molecule has 0 fully saturated rings. The summed E-state index contributed by atoms with van der Waals surface area (Å²) in [5, 5.41) is 1.02. The maximum Gasteiger partial charge on any atom is 0.573 e. The van der Waals surface area contributed by atoms with Gasteiger partial charge in [-0.15, -0.1) is 13.2 Å². The number of hydrogen-bond acceptors (Lipinski definition) is 4. The molecule has 0 unspecified atom stereocenters. The normalized spacial score (nSPS) is 11.2. The standard InChI is InChI=1S/C16H16F3N3O2/c1-2-22(21)15(23)13-9-11(5-8-14(13)20)10-3-6-12(7-4-10)24-16(17,18)19/h3-9H,2,20-21H2,1H3. The predicted octanol–water partition coefficient (Wildman–Crippen LogP) is 3.17. The zero-order valence-corrected chi connectivity index (χ0v) is 12.8. The highest BCUT2D eigenvalue weighted by molar-refractivity contribution is 6.00. The van der Waals surface area contributed by atoms with Gasteiger partial charge < -0.3 is 10.5 Å². The molecule has 5 nitrogen and oxygen atoms in total. The highest BCUT2D eigenvalue weighted by Crippen LogP contribution is 2.28. The number of amides is 1. The fraction of sp³-hybridized carbons (Fsp3) is 0.188. The van der Waals surface area contributed by atoms with E-state index in [1.807, 2.05) is 0 Å². The Hall–Kier alpha value is -2.74. The molecular formula is C16H16F3N3O2. The van der Waals surface area contributed by atoms with Crippen molar-refractivity contribution in [2.45, 2.75) is 13.3 Å². The molecule has 8 heteroatoms. The van der Waals surface area contributed by atoms with E-state index < -0.39 is 12.3 Å². The number of anilines is 1. The summed E-state index contributed by atoms with van der Waals surface area (Å²) < 4.78 is 40.3. The van der Waals surface area contributed by atoms with Gasteiger partial charge in [-0.3, -0.25) is 9.80 Å². The molecule has 0 spiro atoms. The number of alkyl halides is 3. The Balaban J connectivity index is 2.31. The number of halogens is 3. The van der Waals surface area contributed by atoms with Gasteiger partial charge in [0.1, 0.15) is 5.75 Å². The molecule has 1 amide bonds. The summed E-state index contributed by atoms with van der Waals surface area (Å²) >= 11 is 0. The Labute approximate surface area is 136 Å². The molecule has 4 N–H and O–H groups in total. The number of hydrogen-bond donors (Lipinski definition) is 2. The Morgan fingerprint density at radius 3 is 2.25 bits per heavy atom. The lowest BCUT2D eigenvalue weighted by Crippen LogP contribution is -2.37. The van der Waals surface area contributed by atoms with Crippen molar-refractivity contribution in [2.24, 2.45) is 5.84 Å². The van der Waals surface area contributed by atoms with Crippen molar-refractivity contribution in [1.82, 2.24) is 5.01 Å². The molecule has 2 rings (SSSR count). The maximum absolute atomic E-state index is 12.2. The molecule has 2 aromatic carbocycles. The van der Waals surface area contributed by atoms with E-state index in [9.17, 15) is 18.0 Å². The van der Waals surface area contributed by atoms with Crippen molar-refractivity contribution < 1.29 is 22.7 Å². The van der Waals surface area contributed by atoms with Gasteiger partial charge in [0.25, 0.3) is 5.91 Å². The van der Waals surface area contributed by atoms with Crippen LogP contribution >= 0.6 is 0 Å². The summed E-state index contributed by atoms with van der Waals surface area (Å²) in [5.74, 6) is 4.83. The lowest BCUT2D eigenvalue weighted by Gasteiger charge is -2.16. The van der Waals surface area contributed by atoms with Crippen LogP contribution in [0.2, 0.25) is 0 Å². The molecule has 0 aliphatic heterocycles. The van der Waals surface area contributed by atoms with Gasteiger partial charge in [-0.2, -0.15) is 0 Å². The first-order valence-electron chi connectivity index (χ1n) is 7.03. The van der Waals surface area contributed by atoms with E-state index >= 15 is 0 Å². The minimum atomic E-state index is -4.74. The Bertz CT molecular complexity index is 730. The van der Waals surface area contributed by atoms with Crippen LogP contribution in [0.3, 0.4) is 0 Å². The van der Waals surface area contributed by atoms with Crippen LogP contribution in [0.4, 0.5) is 18.9 Å². The maximum atomic E-state index is 12.2. The zero-order chi connectivity index (χ0) is 17.9. The summed E-state index contributed by atoms with van der Waals surface area (Å²) in [5.41, 5.74) is 7.53. The van der Waals surface area contributed by atoms with Crippen LogP contribution in [-0.2, 0) is 0 Å². The molecule has 128 valence electrons. The van der Waals surface area contributed by atoms with E-state index in [-0.39, 0.29) is 17.0 Å². The van der Waals surface area contributed by atoms with Gasteiger partial charge in [0.2, 0.25) is 0 Å². The minimum absolute atomic E-state index is 0.229. The number of rotatable bonds is 4. The number of hydrazine groups is 1. The second-order valence-electron chi connectivity index (χ2n) is 4.97. The van der Waals surface area contributed by atoms with Crippen LogP contribution in [0.15, 0.2) is 42.5 Å². The first kappa shape index (κ1) is 17.6. The van der Waals surface area contributed by atoms with E-state index in [4.69, 9.17) is 11.6 Å². The smallest absolute Gasteiger partial charge is 0.406 e. The third-order valence-electron chi connectivity index (χ3n) is 3.31. The fourth-order valence-corrected chi connectivity index (χ4v) is 2.07. The van der Waals surface area contributed by atoms with Gasteiger partial charge in [-0.1, -0.05) is 18.2 Å². The van der Waals surface area contributed by atoms with Gasteiger partial charge in [0.05, 0.1) is 5.56 Å². The van der Waals surface area contributed by atoms with Crippen molar-refractivity contribution in [3.05, 3.63) is 48.0 Å². The molecular weight excluding hydrogens is 323 g/mol. The highest BCUT2D eigenvalue weighted by Gasteiger charge is 2.31. The Kier molecular flexibility index (Phi) is 4.99. The van der Waals surface area contributed by atoms with Crippen molar-refractivity contribution in [2.75, 3.05) is 12.3 Å². The average molecular weight is 339 g/mol. The lowest BCUT2D eigenvalue weighted by atomic mass is 10.0. The van der Waals surface area contributed by atoms with Gasteiger partial charge >= 0.3 is 6.36 Å². The summed E-state index contributed by atoms with van der Waals surface area (Å²) in [4.78, 5) is 12.2. The monoisotopic (exact) mass is 339 g/mol. The van der Waals surface area contributed by atoms with E-state index in [0.29, 0.717) is 17.7 Å². The molecule has 0 radical (unpaired) electrons. The first-order valence-corrected chi connectivity index (χ1v) is 7.03. The molecule has 24 heavy (non-hydrogen) atoms. The summed E-state index contributed by atoms with van der Waals surface area (Å²) in [7, 11) is 0. The number of carbonyl (C=O) groups is 1. The van der Waals surface area contributed by atoms with Crippen molar-refractivity contribution in [3.63, 3.8) is 0 Å². The number of nitrogens with two attached hydrogens (primary N) is 2. The van der Waals surface area contributed by atoms with Crippen molar-refractivity contribution >= 4 is 11.6 Å². The van der Waals surface area contributed by atoms with Crippen LogP contribution in [0.5, 0.6) is 5.75 Å². The Morgan fingerprint density at radius 1 is 1.12 bits per heavy atom. The van der Waals surface area contributed by atoms with Gasteiger partial charge in [-0.05, 0) is 42.3 Å². The largest absolute Gasteiger partial charge is 0.573 e. The fourth-order valence-electron chi connectivity index (χ4n) is 2.07. The predicted molar refractivity (Wildman–Crippen MR) is 83.9 cm³/mol. The lowest BCUT2D eigenvalue weighted by molar-refractivity contribution is -0.274. The molecule has 0 aromatic heterocycles. The van der Waals surface area contributed by atoms with E-state index in [2.05, 4.69) is 4.74 Å². The third-order valence-corrected chi connectivity index (χ3v) is 3.31. The SMILES string of the molecule is CCN(N)C(=O)c1cc(-c2ccc(OC(F)(F)F)cc2)ccc1N. The second-order valence-corrected chi connectivity index (χ2v) is 4.97. The number of nitrogen functional groups attached to an aromatic ring is 1. The van der Waals surface area contributed by atoms with E-state index in [0.717, 1.165) is 5.01 Å². The molecule has 0 aliphatic rings. The molecule has 2 aromatic rings. The van der Waals surface area contributed by atoms with E-state index in [1.54, 1.807) is 25.1 Å². The van der Waals surface area contributed by atoms with Crippen LogP contribution < -0.4 is 16.3 Å². The molecule has 0 aliphatic carbocycles. The van der Waals surface area contributed by atoms with Gasteiger partial charge in [0.15, 0.2) is 0 Å². The molecule has 0 atom stereocenters. The summed E-state index contributed by atoms with van der Waals surface area (Å²) in [6, 6.07) is 10.1. The summed E-state index contributed by atoms with van der Waals surface area (Å²) in [6.07, 6.45) is -4.74. The van der Waals surface area contributed by atoms with Gasteiger partial charge in [0, 0.05) is 12.2 Å². The molecule has 0 bridgehead atoms. The highest BCUT2D eigenvalue weighted by atomic mass is 19.4. The topological polar surface area (TPSA) is 81.6 Å². The quantitative estimate of drug-likeness (QED) is 0.388. The third kappa shape index (κ3) is 4.17. The van der Waals surface area contributed by atoms with Crippen LogP contribution in [0.1, 0.15) is 17.3 Å². The average Bonchev–Trinajstić information content (AvgIpc) is 2.53. The number of carbonyl (C=O) groups excluding carboxylic acids is 1. The van der Waals surface area contributed by atoms with Gasteiger partial charge in [-0.25, -0.2) is 5.84 Å².